The zero-order chi connectivity index (χ0) is 16.8. The lowest BCUT2D eigenvalue weighted by molar-refractivity contribution is -0.137. The molecule has 2 amide bonds. The van der Waals surface area contributed by atoms with E-state index in [1.54, 1.807) is 23.1 Å². The Kier molecular flexibility index (Phi) is 6.36. The minimum atomic E-state index is -0.865. The van der Waals surface area contributed by atoms with Crippen LogP contribution in [-0.4, -0.2) is 47.7 Å². The van der Waals surface area contributed by atoms with Crippen LogP contribution in [-0.2, 0) is 4.79 Å². The minimum Gasteiger partial charge on any atom is -0.488 e. The number of likely N-dealkylation sites (tertiary alicyclic amines) is 1. The molecule has 0 aliphatic carbocycles. The zero-order valence-electron chi connectivity index (χ0n) is 12.4. The number of nitrogens with one attached hydrogen (secondary N) is 1. The Hall–Kier alpha value is -1.66. The third-order valence-electron chi connectivity index (χ3n) is 3.47. The summed E-state index contributed by atoms with van der Waals surface area (Å²) in [5.74, 6) is -0.247. The molecule has 1 aromatic carbocycles. The number of carboxylic acid groups (broad SMARTS) is 1. The van der Waals surface area contributed by atoms with Gasteiger partial charge in [-0.3, -0.25) is 4.79 Å². The molecule has 1 aliphatic heterocycles. The lowest BCUT2D eigenvalue weighted by Crippen LogP contribution is -2.39. The SMILES string of the molecule is O=C(O)CCCNC(=O)N1CCC(Oc2ccc(Cl)c(Cl)c2)C1. The summed E-state index contributed by atoms with van der Waals surface area (Å²) < 4.78 is 5.81. The van der Waals surface area contributed by atoms with E-state index in [2.05, 4.69) is 5.32 Å². The Balaban J connectivity index is 1.75. The molecule has 0 aromatic heterocycles. The third kappa shape index (κ3) is 5.48. The van der Waals surface area contributed by atoms with E-state index in [1.165, 1.54) is 0 Å². The summed E-state index contributed by atoms with van der Waals surface area (Å²) in [6, 6.07) is 4.86. The van der Waals surface area contributed by atoms with E-state index in [1.807, 2.05) is 0 Å². The van der Waals surface area contributed by atoms with Gasteiger partial charge < -0.3 is 20.1 Å². The Morgan fingerprint density at radius 1 is 1.35 bits per heavy atom. The smallest absolute Gasteiger partial charge is 0.317 e. The predicted octanol–water partition coefficient (Wildman–Crippen LogP) is 3.02. The number of ether oxygens (including phenoxy) is 1. The van der Waals surface area contributed by atoms with Crippen molar-refractivity contribution in [2.24, 2.45) is 0 Å². The van der Waals surface area contributed by atoms with Crippen molar-refractivity contribution in [3.8, 4) is 5.75 Å². The summed E-state index contributed by atoms with van der Waals surface area (Å²) in [6.45, 7) is 1.42. The van der Waals surface area contributed by atoms with Crippen LogP contribution in [0.4, 0.5) is 4.79 Å². The van der Waals surface area contributed by atoms with Gasteiger partial charge in [0.2, 0.25) is 0 Å². The fourth-order valence-electron chi connectivity index (χ4n) is 2.30. The second-order valence-corrected chi connectivity index (χ2v) is 6.09. The molecule has 1 fully saturated rings. The molecule has 1 atom stereocenters. The molecule has 1 saturated heterocycles. The first-order valence-corrected chi connectivity index (χ1v) is 8.07. The Bertz CT molecular complexity index is 583. The van der Waals surface area contributed by atoms with Crippen molar-refractivity contribution in [3.63, 3.8) is 0 Å². The van der Waals surface area contributed by atoms with Crippen LogP contribution in [0.2, 0.25) is 10.0 Å². The van der Waals surface area contributed by atoms with Gasteiger partial charge in [0.1, 0.15) is 11.9 Å². The summed E-state index contributed by atoms with van der Waals surface area (Å²) in [5.41, 5.74) is 0. The van der Waals surface area contributed by atoms with Gasteiger partial charge in [-0.15, -0.1) is 0 Å². The molecule has 0 saturated carbocycles. The van der Waals surface area contributed by atoms with Crippen LogP contribution in [0.5, 0.6) is 5.75 Å². The first-order chi connectivity index (χ1) is 11.0. The lowest BCUT2D eigenvalue weighted by Gasteiger charge is -2.18. The van der Waals surface area contributed by atoms with Gasteiger partial charge in [-0.25, -0.2) is 4.79 Å². The average molecular weight is 361 g/mol. The largest absolute Gasteiger partial charge is 0.488 e. The van der Waals surface area contributed by atoms with E-state index in [9.17, 15) is 9.59 Å². The number of carbonyl (C=O) groups is 2. The number of urea groups is 1. The molecule has 6 nitrogen and oxygen atoms in total. The number of benzene rings is 1. The molecule has 0 radical (unpaired) electrons. The van der Waals surface area contributed by atoms with E-state index >= 15 is 0 Å². The van der Waals surface area contributed by atoms with Crippen molar-refractivity contribution < 1.29 is 19.4 Å². The molecule has 23 heavy (non-hydrogen) atoms. The van der Waals surface area contributed by atoms with Gasteiger partial charge >= 0.3 is 12.0 Å². The Morgan fingerprint density at radius 3 is 2.83 bits per heavy atom. The van der Waals surface area contributed by atoms with Gasteiger partial charge in [0.05, 0.1) is 16.6 Å². The average Bonchev–Trinajstić information content (AvgIpc) is 2.95. The van der Waals surface area contributed by atoms with Crippen molar-refractivity contribution in [1.29, 1.82) is 0 Å². The van der Waals surface area contributed by atoms with E-state index in [4.69, 9.17) is 33.0 Å². The van der Waals surface area contributed by atoms with Crippen LogP contribution in [0.25, 0.3) is 0 Å². The number of rotatable bonds is 6. The highest BCUT2D eigenvalue weighted by molar-refractivity contribution is 6.42. The molecule has 1 aromatic rings. The van der Waals surface area contributed by atoms with Crippen molar-refractivity contribution >= 4 is 35.2 Å². The lowest BCUT2D eigenvalue weighted by atomic mass is 10.3. The second kappa shape index (κ2) is 8.26. The van der Waals surface area contributed by atoms with Gasteiger partial charge in [-0.05, 0) is 18.6 Å². The predicted molar refractivity (Wildman–Crippen MR) is 87.3 cm³/mol. The standard InChI is InChI=1S/C15H18Cl2N2O4/c16-12-4-3-10(8-13(12)17)23-11-5-7-19(9-11)15(22)18-6-1-2-14(20)21/h3-4,8,11H,1-2,5-7,9H2,(H,18,22)(H,20,21). The highest BCUT2D eigenvalue weighted by Crippen LogP contribution is 2.28. The second-order valence-electron chi connectivity index (χ2n) is 5.28. The number of amides is 2. The molecule has 0 spiro atoms. The molecule has 1 aliphatic rings. The summed E-state index contributed by atoms with van der Waals surface area (Å²) in [4.78, 5) is 24.0. The first-order valence-electron chi connectivity index (χ1n) is 7.32. The van der Waals surface area contributed by atoms with Crippen LogP contribution < -0.4 is 10.1 Å². The molecule has 2 rings (SSSR count). The maximum Gasteiger partial charge on any atom is 0.317 e. The molecule has 1 heterocycles. The number of nitrogens with zero attached hydrogens (tertiary/aromatic N) is 1. The number of aliphatic carboxylic acids is 1. The molecule has 1 unspecified atom stereocenters. The molecule has 8 heteroatoms. The fourth-order valence-corrected chi connectivity index (χ4v) is 2.59. The first kappa shape index (κ1) is 17.7. The Labute approximate surface area is 144 Å². The maximum atomic E-state index is 12.0. The van der Waals surface area contributed by atoms with Gasteiger partial charge in [-0.1, -0.05) is 23.2 Å². The topological polar surface area (TPSA) is 78.9 Å². The van der Waals surface area contributed by atoms with Gasteiger partial charge in [0.25, 0.3) is 0 Å². The van der Waals surface area contributed by atoms with Crippen molar-refractivity contribution in [2.45, 2.75) is 25.4 Å². The number of hydrogen-bond acceptors (Lipinski definition) is 3. The zero-order valence-corrected chi connectivity index (χ0v) is 13.9. The number of halogens is 2. The molecule has 2 N–H and O–H groups in total. The fraction of sp³-hybridized carbons (Fsp3) is 0.467. The quantitative estimate of drug-likeness (QED) is 0.764. The van der Waals surface area contributed by atoms with E-state index in [0.717, 1.165) is 6.42 Å². The molecule has 126 valence electrons. The van der Waals surface area contributed by atoms with Crippen LogP contribution in [0.3, 0.4) is 0 Å². The van der Waals surface area contributed by atoms with E-state index in [0.29, 0.717) is 41.8 Å². The van der Waals surface area contributed by atoms with Crippen LogP contribution in [0.15, 0.2) is 18.2 Å². The van der Waals surface area contributed by atoms with Gasteiger partial charge in [-0.2, -0.15) is 0 Å². The monoisotopic (exact) mass is 360 g/mol. The minimum absolute atomic E-state index is 0.0450. The third-order valence-corrected chi connectivity index (χ3v) is 4.21. The molecular weight excluding hydrogens is 343 g/mol. The van der Waals surface area contributed by atoms with Gasteiger partial charge in [0.15, 0.2) is 0 Å². The van der Waals surface area contributed by atoms with Crippen molar-refractivity contribution in [2.75, 3.05) is 19.6 Å². The van der Waals surface area contributed by atoms with E-state index < -0.39 is 5.97 Å². The number of carbonyl (C=O) groups excluding carboxylic acids is 1. The normalized spacial score (nSPS) is 17.1. The molecule has 0 bridgehead atoms. The summed E-state index contributed by atoms with van der Waals surface area (Å²) in [6.07, 6.45) is 1.08. The summed E-state index contributed by atoms with van der Waals surface area (Å²) >= 11 is 11.8. The highest BCUT2D eigenvalue weighted by Gasteiger charge is 2.27. The van der Waals surface area contributed by atoms with Crippen LogP contribution in [0, 0.1) is 0 Å². The molecular formula is C15H18Cl2N2O4. The van der Waals surface area contributed by atoms with Crippen LogP contribution in [0.1, 0.15) is 19.3 Å². The van der Waals surface area contributed by atoms with Crippen LogP contribution >= 0.6 is 23.2 Å². The number of hydrogen-bond donors (Lipinski definition) is 2. The maximum absolute atomic E-state index is 12.0. The van der Waals surface area contributed by atoms with Gasteiger partial charge in [0, 0.05) is 32.0 Å². The highest BCUT2D eigenvalue weighted by atomic mass is 35.5. The Morgan fingerprint density at radius 2 is 2.13 bits per heavy atom. The summed E-state index contributed by atoms with van der Waals surface area (Å²) in [5, 5.41) is 12.1. The number of carboxylic acids is 1. The van der Waals surface area contributed by atoms with Crippen molar-refractivity contribution in [1.82, 2.24) is 10.2 Å². The summed E-state index contributed by atoms with van der Waals surface area (Å²) in [7, 11) is 0. The van der Waals surface area contributed by atoms with E-state index in [-0.39, 0.29) is 18.6 Å². The van der Waals surface area contributed by atoms with Crippen molar-refractivity contribution in [3.05, 3.63) is 28.2 Å².